The highest BCUT2D eigenvalue weighted by molar-refractivity contribution is 5.89. The SMILES string of the molecule is O=C1CC(C(=O)N2CCCC2c2ccccc2)CN1Cc1ccco1. The first-order chi connectivity index (χ1) is 12.2. The smallest absolute Gasteiger partial charge is 0.228 e. The lowest BCUT2D eigenvalue weighted by molar-refractivity contribution is -0.136. The van der Waals surface area contributed by atoms with Crippen molar-refractivity contribution < 1.29 is 14.0 Å². The first kappa shape index (κ1) is 15.9. The van der Waals surface area contributed by atoms with E-state index in [4.69, 9.17) is 4.42 Å². The van der Waals surface area contributed by atoms with Crippen LogP contribution in [-0.4, -0.2) is 34.7 Å². The summed E-state index contributed by atoms with van der Waals surface area (Å²) < 4.78 is 5.32. The van der Waals surface area contributed by atoms with Crippen molar-refractivity contribution in [3.05, 3.63) is 60.1 Å². The second-order valence-corrected chi connectivity index (χ2v) is 6.86. The zero-order valence-corrected chi connectivity index (χ0v) is 14.1. The Balaban J connectivity index is 1.45. The number of hydrogen-bond donors (Lipinski definition) is 0. The van der Waals surface area contributed by atoms with E-state index >= 15 is 0 Å². The van der Waals surface area contributed by atoms with E-state index in [1.165, 1.54) is 5.56 Å². The molecular weight excluding hydrogens is 316 g/mol. The average molecular weight is 338 g/mol. The maximum absolute atomic E-state index is 13.0. The summed E-state index contributed by atoms with van der Waals surface area (Å²) in [5, 5.41) is 0. The van der Waals surface area contributed by atoms with Gasteiger partial charge in [0.05, 0.1) is 24.8 Å². The minimum Gasteiger partial charge on any atom is -0.467 e. The molecule has 2 saturated heterocycles. The van der Waals surface area contributed by atoms with Crippen LogP contribution in [-0.2, 0) is 16.1 Å². The van der Waals surface area contributed by atoms with E-state index in [1.807, 2.05) is 35.2 Å². The zero-order valence-electron chi connectivity index (χ0n) is 14.1. The van der Waals surface area contributed by atoms with Crippen molar-refractivity contribution in [3.63, 3.8) is 0 Å². The Labute approximate surface area is 147 Å². The third-order valence-electron chi connectivity index (χ3n) is 5.21. The van der Waals surface area contributed by atoms with Crippen LogP contribution < -0.4 is 0 Å². The van der Waals surface area contributed by atoms with Crippen LogP contribution in [0.25, 0.3) is 0 Å². The molecule has 2 aliphatic heterocycles. The van der Waals surface area contributed by atoms with Crippen LogP contribution in [0.15, 0.2) is 53.1 Å². The Morgan fingerprint density at radius 3 is 2.76 bits per heavy atom. The molecule has 0 radical (unpaired) electrons. The van der Waals surface area contributed by atoms with E-state index in [0.717, 1.165) is 25.1 Å². The van der Waals surface area contributed by atoms with E-state index in [9.17, 15) is 9.59 Å². The second kappa shape index (κ2) is 6.75. The predicted molar refractivity (Wildman–Crippen MR) is 92.4 cm³/mol. The lowest BCUT2D eigenvalue weighted by atomic mass is 10.0. The van der Waals surface area contributed by atoms with Gasteiger partial charge in [0.1, 0.15) is 5.76 Å². The number of hydrogen-bond acceptors (Lipinski definition) is 3. The third-order valence-corrected chi connectivity index (χ3v) is 5.21. The van der Waals surface area contributed by atoms with E-state index < -0.39 is 0 Å². The van der Waals surface area contributed by atoms with Crippen LogP contribution in [0, 0.1) is 5.92 Å². The molecule has 2 amide bonds. The number of carbonyl (C=O) groups excluding carboxylic acids is 2. The number of nitrogens with zero attached hydrogens (tertiary/aromatic N) is 2. The highest BCUT2D eigenvalue weighted by atomic mass is 16.3. The summed E-state index contributed by atoms with van der Waals surface area (Å²) in [5.41, 5.74) is 1.19. The molecule has 1 aromatic heterocycles. The van der Waals surface area contributed by atoms with Crippen LogP contribution in [0.3, 0.4) is 0 Å². The molecule has 1 aromatic carbocycles. The molecule has 5 heteroatoms. The van der Waals surface area contributed by atoms with E-state index in [1.54, 1.807) is 11.2 Å². The Morgan fingerprint density at radius 1 is 1.16 bits per heavy atom. The normalized spacial score (nSPS) is 23.4. The molecule has 2 aliphatic rings. The van der Waals surface area contributed by atoms with Crippen molar-refractivity contribution in [1.82, 2.24) is 9.80 Å². The van der Waals surface area contributed by atoms with Gasteiger partial charge in [0.2, 0.25) is 11.8 Å². The summed E-state index contributed by atoms with van der Waals surface area (Å²) in [6.07, 6.45) is 3.92. The Bertz CT molecular complexity index is 742. The van der Waals surface area contributed by atoms with Crippen molar-refractivity contribution in [3.8, 4) is 0 Å². The molecule has 2 atom stereocenters. The molecule has 2 unspecified atom stereocenters. The quantitative estimate of drug-likeness (QED) is 0.861. The van der Waals surface area contributed by atoms with E-state index in [-0.39, 0.29) is 23.8 Å². The molecule has 0 saturated carbocycles. The fourth-order valence-electron chi connectivity index (χ4n) is 3.97. The lowest BCUT2D eigenvalue weighted by Gasteiger charge is -2.27. The largest absolute Gasteiger partial charge is 0.467 e. The van der Waals surface area contributed by atoms with Gasteiger partial charge in [-0.15, -0.1) is 0 Å². The average Bonchev–Trinajstić information content (AvgIpc) is 3.37. The molecule has 0 bridgehead atoms. The number of carbonyl (C=O) groups is 2. The summed E-state index contributed by atoms with van der Waals surface area (Å²) in [4.78, 5) is 29.1. The minimum atomic E-state index is -0.244. The summed E-state index contributed by atoms with van der Waals surface area (Å²) in [6, 6.07) is 14.0. The van der Waals surface area contributed by atoms with Crippen molar-refractivity contribution in [2.75, 3.05) is 13.1 Å². The van der Waals surface area contributed by atoms with Gasteiger partial charge in [0, 0.05) is 19.5 Å². The standard InChI is InChI=1S/C20H22N2O3/c23-19-12-16(13-21(19)14-17-8-5-11-25-17)20(24)22-10-4-9-18(22)15-6-2-1-3-7-15/h1-3,5-8,11,16,18H,4,9-10,12-14H2. The van der Waals surface area contributed by atoms with Gasteiger partial charge >= 0.3 is 0 Å². The van der Waals surface area contributed by atoms with Gasteiger partial charge in [-0.2, -0.15) is 0 Å². The molecule has 0 N–H and O–H groups in total. The summed E-state index contributed by atoms with van der Waals surface area (Å²) in [5.74, 6) is 0.656. The molecule has 0 spiro atoms. The number of amides is 2. The molecule has 130 valence electrons. The molecule has 4 rings (SSSR count). The molecule has 25 heavy (non-hydrogen) atoms. The van der Waals surface area contributed by atoms with E-state index in [0.29, 0.717) is 19.5 Å². The topological polar surface area (TPSA) is 53.8 Å². The summed E-state index contributed by atoms with van der Waals surface area (Å²) >= 11 is 0. The fourth-order valence-corrected chi connectivity index (χ4v) is 3.97. The molecule has 3 heterocycles. The number of furan rings is 1. The minimum absolute atomic E-state index is 0.0326. The summed E-state index contributed by atoms with van der Waals surface area (Å²) in [6.45, 7) is 1.70. The maximum atomic E-state index is 13.0. The molecule has 5 nitrogen and oxygen atoms in total. The predicted octanol–water partition coefficient (Wildman–Crippen LogP) is 2.99. The van der Waals surface area contributed by atoms with Gasteiger partial charge in [0.25, 0.3) is 0 Å². The Morgan fingerprint density at radius 2 is 2.00 bits per heavy atom. The van der Waals surface area contributed by atoms with Crippen LogP contribution in [0.5, 0.6) is 0 Å². The highest BCUT2D eigenvalue weighted by Crippen LogP contribution is 2.34. The van der Waals surface area contributed by atoms with Gasteiger partial charge in [-0.25, -0.2) is 0 Å². The maximum Gasteiger partial charge on any atom is 0.228 e. The van der Waals surface area contributed by atoms with Crippen LogP contribution >= 0.6 is 0 Å². The summed E-state index contributed by atoms with van der Waals surface area (Å²) in [7, 11) is 0. The highest BCUT2D eigenvalue weighted by Gasteiger charge is 2.40. The molecule has 2 aromatic rings. The molecular formula is C20H22N2O3. The zero-order chi connectivity index (χ0) is 17.2. The van der Waals surface area contributed by atoms with Crippen LogP contribution in [0.2, 0.25) is 0 Å². The monoisotopic (exact) mass is 338 g/mol. The number of rotatable bonds is 4. The van der Waals surface area contributed by atoms with Crippen molar-refractivity contribution >= 4 is 11.8 Å². The van der Waals surface area contributed by atoms with Crippen LogP contribution in [0.1, 0.15) is 36.6 Å². The molecule has 0 aliphatic carbocycles. The molecule has 2 fully saturated rings. The van der Waals surface area contributed by atoms with Crippen molar-refractivity contribution in [2.45, 2.75) is 31.8 Å². The number of likely N-dealkylation sites (tertiary alicyclic amines) is 2. The Hall–Kier alpha value is -2.56. The van der Waals surface area contributed by atoms with Gasteiger partial charge in [0.15, 0.2) is 0 Å². The number of benzene rings is 1. The third kappa shape index (κ3) is 3.18. The van der Waals surface area contributed by atoms with Crippen molar-refractivity contribution in [1.29, 1.82) is 0 Å². The van der Waals surface area contributed by atoms with Gasteiger partial charge in [-0.3, -0.25) is 9.59 Å². The van der Waals surface area contributed by atoms with Gasteiger partial charge in [-0.05, 0) is 30.5 Å². The second-order valence-electron chi connectivity index (χ2n) is 6.86. The van der Waals surface area contributed by atoms with Gasteiger partial charge < -0.3 is 14.2 Å². The van der Waals surface area contributed by atoms with Crippen molar-refractivity contribution in [2.24, 2.45) is 5.92 Å². The Kier molecular flexibility index (Phi) is 4.30. The van der Waals surface area contributed by atoms with Crippen LogP contribution in [0.4, 0.5) is 0 Å². The van der Waals surface area contributed by atoms with E-state index in [2.05, 4.69) is 12.1 Å². The first-order valence-corrected chi connectivity index (χ1v) is 8.88. The van der Waals surface area contributed by atoms with Gasteiger partial charge in [-0.1, -0.05) is 30.3 Å². The first-order valence-electron chi connectivity index (χ1n) is 8.88. The fraction of sp³-hybridized carbons (Fsp3) is 0.400. The lowest BCUT2D eigenvalue weighted by Crippen LogP contribution is -2.37.